The van der Waals surface area contributed by atoms with Gasteiger partial charge in [-0.15, -0.1) is 11.3 Å². The van der Waals surface area contributed by atoms with Gasteiger partial charge in [-0.25, -0.2) is 4.39 Å². The molecule has 0 aliphatic carbocycles. The first kappa shape index (κ1) is 15.0. The molecule has 1 atom stereocenters. The second-order valence-electron chi connectivity index (χ2n) is 4.23. The second-order valence-corrected chi connectivity index (χ2v) is 6.80. The summed E-state index contributed by atoms with van der Waals surface area (Å²) in [4.78, 5) is 2.26. The lowest BCUT2D eigenvalue weighted by molar-refractivity contribution is 0.562. The van der Waals surface area contributed by atoms with Gasteiger partial charge in [0, 0.05) is 24.8 Å². The van der Waals surface area contributed by atoms with Gasteiger partial charge in [-0.3, -0.25) is 0 Å². The summed E-state index contributed by atoms with van der Waals surface area (Å²) < 4.78 is 15.1. The lowest BCUT2D eigenvalue weighted by Crippen LogP contribution is -2.22. The smallest absolute Gasteiger partial charge is 0.128 e. The molecule has 1 N–H and O–H groups in total. The Labute approximate surface area is 129 Å². The van der Waals surface area contributed by atoms with Crippen LogP contribution in [0.25, 0.3) is 0 Å². The molecule has 19 heavy (non-hydrogen) atoms. The van der Waals surface area contributed by atoms with Crippen LogP contribution in [-0.2, 0) is 0 Å². The maximum atomic E-state index is 14.1. The quantitative estimate of drug-likeness (QED) is 0.777. The number of rotatable bonds is 4. The number of aryl methyl sites for hydroxylation is 1. The van der Waals surface area contributed by atoms with Crippen LogP contribution in [0.2, 0.25) is 5.02 Å². The first-order valence-electron chi connectivity index (χ1n) is 5.97. The van der Waals surface area contributed by atoms with Gasteiger partial charge in [-0.2, -0.15) is 0 Å². The van der Waals surface area contributed by atoms with Crippen LogP contribution in [-0.4, -0.2) is 6.54 Å². The highest BCUT2D eigenvalue weighted by molar-refractivity contribution is 9.10. The largest absolute Gasteiger partial charge is 0.306 e. The van der Waals surface area contributed by atoms with E-state index in [0.717, 1.165) is 15.9 Å². The number of benzene rings is 1. The van der Waals surface area contributed by atoms with Crippen LogP contribution in [0.4, 0.5) is 4.39 Å². The van der Waals surface area contributed by atoms with Crippen LogP contribution in [0.1, 0.15) is 28.3 Å². The third-order valence-corrected chi connectivity index (χ3v) is 5.04. The van der Waals surface area contributed by atoms with E-state index in [-0.39, 0.29) is 11.9 Å². The van der Waals surface area contributed by atoms with Gasteiger partial charge in [0.2, 0.25) is 0 Å². The van der Waals surface area contributed by atoms with Gasteiger partial charge in [0.25, 0.3) is 0 Å². The number of halogens is 3. The van der Waals surface area contributed by atoms with Crippen molar-refractivity contribution in [1.29, 1.82) is 0 Å². The van der Waals surface area contributed by atoms with Crippen LogP contribution in [0, 0.1) is 12.7 Å². The minimum absolute atomic E-state index is 0.184. The third kappa shape index (κ3) is 3.37. The van der Waals surface area contributed by atoms with E-state index in [1.54, 1.807) is 23.5 Å². The molecule has 0 aliphatic heterocycles. The minimum atomic E-state index is -0.242. The number of nitrogens with one attached hydrogen (secondary N) is 1. The van der Waals surface area contributed by atoms with Crippen molar-refractivity contribution in [1.82, 2.24) is 5.32 Å². The molecule has 0 bridgehead atoms. The molecule has 102 valence electrons. The highest BCUT2D eigenvalue weighted by Crippen LogP contribution is 2.37. The predicted molar refractivity (Wildman–Crippen MR) is 83.7 cm³/mol. The first-order valence-corrected chi connectivity index (χ1v) is 7.95. The molecule has 0 spiro atoms. The lowest BCUT2D eigenvalue weighted by atomic mass is 10.0. The highest BCUT2D eigenvalue weighted by Gasteiger charge is 2.21. The van der Waals surface area contributed by atoms with E-state index >= 15 is 0 Å². The topological polar surface area (TPSA) is 12.0 Å². The van der Waals surface area contributed by atoms with Gasteiger partial charge < -0.3 is 5.32 Å². The Balaban J connectivity index is 2.51. The Bertz CT molecular complexity index is 585. The van der Waals surface area contributed by atoms with E-state index in [2.05, 4.69) is 21.2 Å². The molecule has 1 unspecified atom stereocenters. The maximum Gasteiger partial charge on any atom is 0.128 e. The van der Waals surface area contributed by atoms with Gasteiger partial charge in [0.05, 0.1) is 6.04 Å². The van der Waals surface area contributed by atoms with Crippen molar-refractivity contribution in [2.24, 2.45) is 0 Å². The molecule has 2 aromatic rings. The molecule has 5 heteroatoms. The average molecular weight is 363 g/mol. The van der Waals surface area contributed by atoms with Gasteiger partial charge in [-0.1, -0.05) is 18.5 Å². The number of hydrogen-bond acceptors (Lipinski definition) is 2. The van der Waals surface area contributed by atoms with Gasteiger partial charge in [-0.05, 0) is 53.7 Å². The lowest BCUT2D eigenvalue weighted by Gasteiger charge is -2.18. The Morgan fingerprint density at radius 3 is 2.74 bits per heavy atom. The molecule has 0 aliphatic rings. The molecule has 0 saturated heterocycles. The molecule has 1 aromatic heterocycles. The van der Waals surface area contributed by atoms with Crippen molar-refractivity contribution in [3.8, 4) is 0 Å². The molecule has 1 aromatic carbocycles. The standard InChI is InChI=1S/C14H14BrClFNS/c1-3-18-13(14-11(15)6-8(2)19-14)10-7-9(16)4-5-12(10)17/h4-7,13,18H,3H2,1-2H3. The molecule has 0 radical (unpaired) electrons. The number of thiophene rings is 1. The van der Waals surface area contributed by atoms with Crippen LogP contribution in [0.5, 0.6) is 0 Å². The molecular weight excluding hydrogens is 349 g/mol. The summed E-state index contributed by atoms with van der Waals surface area (Å²) in [6, 6.07) is 6.53. The minimum Gasteiger partial charge on any atom is -0.306 e. The van der Waals surface area contributed by atoms with Crippen LogP contribution < -0.4 is 5.32 Å². The Morgan fingerprint density at radius 2 is 2.16 bits per heavy atom. The molecule has 1 nitrogen and oxygen atoms in total. The van der Waals surface area contributed by atoms with E-state index in [1.165, 1.54) is 10.9 Å². The molecule has 0 saturated carbocycles. The van der Waals surface area contributed by atoms with Crippen molar-refractivity contribution < 1.29 is 4.39 Å². The van der Waals surface area contributed by atoms with Gasteiger partial charge in [0.15, 0.2) is 0 Å². The molecule has 1 heterocycles. The van der Waals surface area contributed by atoms with Gasteiger partial charge >= 0.3 is 0 Å². The Kier molecular flexibility index (Phi) is 5.01. The monoisotopic (exact) mass is 361 g/mol. The Hall–Kier alpha value is -0.420. The van der Waals surface area contributed by atoms with E-state index in [9.17, 15) is 4.39 Å². The molecule has 0 amide bonds. The molecule has 0 fully saturated rings. The summed E-state index contributed by atoms with van der Waals surface area (Å²) in [5, 5.41) is 3.86. The first-order chi connectivity index (χ1) is 9.02. The summed E-state index contributed by atoms with van der Waals surface area (Å²) in [5.41, 5.74) is 0.580. The fourth-order valence-corrected chi connectivity index (χ4v) is 4.14. The molecule has 2 rings (SSSR count). The average Bonchev–Trinajstić information content (AvgIpc) is 2.69. The van der Waals surface area contributed by atoms with E-state index in [4.69, 9.17) is 11.6 Å². The van der Waals surface area contributed by atoms with Crippen molar-refractivity contribution in [2.45, 2.75) is 19.9 Å². The summed E-state index contributed by atoms with van der Waals surface area (Å²) >= 11 is 11.2. The molecular formula is C14H14BrClFNS. The normalized spacial score (nSPS) is 12.7. The zero-order valence-corrected chi connectivity index (χ0v) is 13.8. The predicted octanol–water partition coefficient (Wildman–Crippen LogP) is 5.31. The fraction of sp³-hybridized carbons (Fsp3) is 0.286. The van der Waals surface area contributed by atoms with E-state index < -0.39 is 0 Å². The summed E-state index contributed by atoms with van der Waals surface area (Å²) in [5.74, 6) is -0.242. The fourth-order valence-electron chi connectivity index (χ4n) is 1.98. The van der Waals surface area contributed by atoms with Crippen LogP contribution >= 0.6 is 38.9 Å². The van der Waals surface area contributed by atoms with Gasteiger partial charge in [0.1, 0.15) is 5.82 Å². The van der Waals surface area contributed by atoms with Crippen LogP contribution in [0.3, 0.4) is 0 Å². The van der Waals surface area contributed by atoms with Crippen molar-refractivity contribution in [2.75, 3.05) is 6.54 Å². The van der Waals surface area contributed by atoms with Crippen molar-refractivity contribution in [3.05, 3.63) is 54.9 Å². The zero-order chi connectivity index (χ0) is 14.0. The highest BCUT2D eigenvalue weighted by atomic mass is 79.9. The van der Waals surface area contributed by atoms with E-state index in [1.807, 2.05) is 19.9 Å². The van der Waals surface area contributed by atoms with Crippen molar-refractivity contribution >= 4 is 38.9 Å². The third-order valence-electron chi connectivity index (χ3n) is 2.78. The Morgan fingerprint density at radius 1 is 1.42 bits per heavy atom. The van der Waals surface area contributed by atoms with E-state index in [0.29, 0.717) is 10.6 Å². The second kappa shape index (κ2) is 6.35. The van der Waals surface area contributed by atoms with Crippen LogP contribution in [0.15, 0.2) is 28.7 Å². The SMILES string of the molecule is CCNC(c1cc(Cl)ccc1F)c1sc(C)cc1Br. The maximum absolute atomic E-state index is 14.1. The zero-order valence-electron chi connectivity index (χ0n) is 10.6. The summed E-state index contributed by atoms with van der Waals surface area (Å²) in [7, 11) is 0. The van der Waals surface area contributed by atoms with Crippen molar-refractivity contribution in [3.63, 3.8) is 0 Å². The summed E-state index contributed by atoms with van der Waals surface area (Å²) in [6.45, 7) is 4.79. The number of hydrogen-bond donors (Lipinski definition) is 1. The summed E-state index contributed by atoms with van der Waals surface area (Å²) in [6.07, 6.45) is 0.